The van der Waals surface area contributed by atoms with E-state index in [1.165, 1.54) is 7.11 Å². The predicted octanol–water partition coefficient (Wildman–Crippen LogP) is 7.26. The van der Waals surface area contributed by atoms with E-state index in [0.717, 1.165) is 11.1 Å². The molecule has 1 saturated heterocycles. The first-order valence-corrected chi connectivity index (χ1v) is 17.3. The van der Waals surface area contributed by atoms with Crippen molar-refractivity contribution in [1.29, 1.82) is 0 Å². The molecule has 5 atom stereocenters. The Kier molecular flexibility index (Phi) is 11.4. The summed E-state index contributed by atoms with van der Waals surface area (Å²) in [4.78, 5) is 40.9. The number of methoxy groups -OCH3 is 1. The lowest BCUT2D eigenvalue weighted by Gasteiger charge is -2.43. The van der Waals surface area contributed by atoms with Crippen LogP contribution in [0.4, 0.5) is 31.4 Å². The maximum absolute atomic E-state index is 13.8. The van der Waals surface area contributed by atoms with Crippen molar-refractivity contribution in [2.75, 3.05) is 36.5 Å². The quantitative estimate of drug-likeness (QED) is 0.106. The highest BCUT2D eigenvalue weighted by molar-refractivity contribution is 5.93. The monoisotopic (exact) mass is 747 g/mol. The largest absolute Gasteiger partial charge is 0.454 e. The normalized spacial score (nSPS) is 19.8. The first-order valence-electron chi connectivity index (χ1n) is 17.3. The second kappa shape index (κ2) is 17.0. The minimum absolute atomic E-state index is 0.0329. The Morgan fingerprint density at radius 1 is 0.618 bits per heavy atom. The Hall–Kier alpha value is -6.61. The lowest BCUT2D eigenvalue weighted by molar-refractivity contribution is -0.290. The number of aliphatic hydroxyl groups is 1. The van der Waals surface area contributed by atoms with Crippen LogP contribution in [0.1, 0.15) is 0 Å². The van der Waals surface area contributed by atoms with Crippen molar-refractivity contribution < 1.29 is 52.6 Å². The van der Waals surface area contributed by atoms with Gasteiger partial charge in [-0.05, 0) is 35.4 Å². The van der Waals surface area contributed by atoms with E-state index < -0.39 is 55.6 Å². The predicted molar refractivity (Wildman–Crippen MR) is 201 cm³/mol. The summed E-state index contributed by atoms with van der Waals surface area (Å²) in [5.74, 6) is 0.917. The van der Waals surface area contributed by atoms with Crippen LogP contribution >= 0.6 is 0 Å². The van der Waals surface area contributed by atoms with E-state index in [-0.39, 0.29) is 6.79 Å². The Labute approximate surface area is 315 Å². The number of rotatable bonds is 10. The number of amides is 3. The SMILES string of the molecule is CO[C@H]1O[C@H](CO)[C@@H](OC(=O)Nc2ccc3c(c2)OCO3)[C@H](OC(=O)Nc2ccccc2-c2ccccc2)[C@H]1OC(=O)Nc1ccccc1-c1ccccc1. The Morgan fingerprint density at radius 2 is 1.13 bits per heavy atom. The van der Waals surface area contributed by atoms with E-state index in [0.29, 0.717) is 39.7 Å². The molecule has 2 aliphatic heterocycles. The molecular formula is C41H37N3O11. The number of hydrogen-bond acceptors (Lipinski definition) is 11. The zero-order valence-corrected chi connectivity index (χ0v) is 29.5. The van der Waals surface area contributed by atoms with Crippen molar-refractivity contribution in [3.8, 4) is 33.8 Å². The van der Waals surface area contributed by atoms with Crippen LogP contribution in [-0.4, -0.2) is 74.6 Å². The van der Waals surface area contributed by atoms with Gasteiger partial charge in [0.25, 0.3) is 0 Å². The van der Waals surface area contributed by atoms with Gasteiger partial charge in [-0.25, -0.2) is 14.4 Å². The molecule has 55 heavy (non-hydrogen) atoms. The number of nitrogens with one attached hydrogen (secondary N) is 3. The van der Waals surface area contributed by atoms with E-state index >= 15 is 0 Å². The first-order chi connectivity index (χ1) is 26.9. The third-order valence-electron chi connectivity index (χ3n) is 8.85. The van der Waals surface area contributed by atoms with Gasteiger partial charge in [-0.1, -0.05) is 97.1 Å². The number of fused-ring (bicyclic) bond motifs is 1. The molecule has 0 aromatic heterocycles. The highest BCUT2D eigenvalue weighted by atomic mass is 16.7. The fourth-order valence-electron chi connectivity index (χ4n) is 6.31. The molecular weight excluding hydrogens is 710 g/mol. The van der Waals surface area contributed by atoms with E-state index in [2.05, 4.69) is 16.0 Å². The van der Waals surface area contributed by atoms with Crippen LogP contribution < -0.4 is 25.4 Å². The van der Waals surface area contributed by atoms with Crippen LogP contribution in [0.15, 0.2) is 127 Å². The van der Waals surface area contributed by atoms with Gasteiger partial charge in [-0.2, -0.15) is 0 Å². The van der Waals surface area contributed by atoms with Crippen molar-refractivity contribution in [1.82, 2.24) is 0 Å². The van der Waals surface area contributed by atoms with Gasteiger partial charge in [0, 0.05) is 30.0 Å². The number of para-hydroxylation sites is 2. The van der Waals surface area contributed by atoms with Crippen molar-refractivity contribution in [2.45, 2.75) is 30.7 Å². The van der Waals surface area contributed by atoms with Gasteiger partial charge in [0.15, 0.2) is 36.1 Å². The summed E-state index contributed by atoms with van der Waals surface area (Å²) < 4.78 is 39.9. The molecule has 0 bridgehead atoms. The maximum atomic E-state index is 13.8. The molecule has 2 heterocycles. The zero-order valence-electron chi connectivity index (χ0n) is 29.5. The summed E-state index contributed by atoms with van der Waals surface area (Å²) in [7, 11) is 1.29. The minimum atomic E-state index is -1.57. The fourth-order valence-corrected chi connectivity index (χ4v) is 6.31. The zero-order chi connectivity index (χ0) is 38.1. The number of anilines is 3. The molecule has 0 spiro atoms. The maximum Gasteiger partial charge on any atom is 0.412 e. The van der Waals surface area contributed by atoms with Crippen LogP contribution in [-0.2, 0) is 23.7 Å². The van der Waals surface area contributed by atoms with Gasteiger partial charge in [-0.3, -0.25) is 16.0 Å². The number of aliphatic hydroxyl groups excluding tert-OH is 1. The molecule has 1 fully saturated rings. The number of hydrogen-bond donors (Lipinski definition) is 4. The van der Waals surface area contributed by atoms with Gasteiger partial charge in [0.1, 0.15) is 6.10 Å². The molecule has 0 radical (unpaired) electrons. The van der Waals surface area contributed by atoms with Gasteiger partial charge in [-0.15, -0.1) is 0 Å². The fraction of sp³-hybridized carbons (Fsp3) is 0.195. The summed E-state index contributed by atoms with van der Waals surface area (Å²) in [5.41, 5.74) is 4.25. The van der Waals surface area contributed by atoms with Crippen molar-refractivity contribution in [3.63, 3.8) is 0 Å². The standard InChI is InChI=1S/C41H37N3O11/c1-49-38-37(55-41(48)44-31-19-11-9-17-29(31)26-14-6-3-7-15-26)36(54-40(47)43-30-18-10-8-16-28(30)25-12-4-2-5-13-25)35(34(23-45)52-38)53-39(46)42-27-20-21-32-33(22-27)51-24-50-32/h2-22,34-38,45H,23-24H2,1H3,(H,42,46)(H,43,47)(H,44,48)/t34-,35-,36+,37-,38+/m1/s1. The molecule has 14 heteroatoms. The number of ether oxygens (including phenoxy) is 7. The number of benzene rings is 5. The molecule has 3 amide bonds. The average molecular weight is 748 g/mol. The molecule has 7 rings (SSSR count). The lowest BCUT2D eigenvalue weighted by atomic mass is 9.98. The Morgan fingerprint density at radius 3 is 1.71 bits per heavy atom. The molecule has 0 unspecified atom stereocenters. The highest BCUT2D eigenvalue weighted by Crippen LogP contribution is 2.36. The minimum Gasteiger partial charge on any atom is -0.454 e. The second-order valence-electron chi connectivity index (χ2n) is 12.3. The molecule has 14 nitrogen and oxygen atoms in total. The summed E-state index contributed by atoms with van der Waals surface area (Å²) in [6.07, 6.45) is -10.2. The van der Waals surface area contributed by atoms with Crippen molar-refractivity contribution in [3.05, 3.63) is 127 Å². The summed E-state index contributed by atoms with van der Waals surface area (Å²) in [6.45, 7) is -0.658. The Bertz CT molecular complexity index is 2120. The first kappa shape index (κ1) is 36.7. The van der Waals surface area contributed by atoms with Crippen LogP contribution in [0.5, 0.6) is 11.5 Å². The van der Waals surface area contributed by atoms with Crippen LogP contribution in [0.3, 0.4) is 0 Å². The summed E-state index contributed by atoms with van der Waals surface area (Å²) >= 11 is 0. The molecule has 5 aromatic rings. The van der Waals surface area contributed by atoms with E-state index in [1.807, 2.05) is 84.9 Å². The summed E-state index contributed by atoms with van der Waals surface area (Å²) in [5, 5.41) is 18.5. The number of carbonyl (C=O) groups excluding carboxylic acids is 3. The lowest BCUT2D eigenvalue weighted by Crippen LogP contribution is -2.63. The molecule has 5 aromatic carbocycles. The third kappa shape index (κ3) is 8.63. The highest BCUT2D eigenvalue weighted by Gasteiger charge is 2.53. The average Bonchev–Trinajstić information content (AvgIpc) is 3.68. The molecule has 0 saturated carbocycles. The van der Waals surface area contributed by atoms with Crippen molar-refractivity contribution >= 4 is 35.3 Å². The van der Waals surface area contributed by atoms with Gasteiger partial charge >= 0.3 is 18.3 Å². The molecule has 0 aliphatic carbocycles. The third-order valence-corrected chi connectivity index (χ3v) is 8.85. The van der Waals surface area contributed by atoms with Gasteiger partial charge in [0.05, 0.1) is 18.0 Å². The van der Waals surface area contributed by atoms with Gasteiger partial charge in [0.2, 0.25) is 6.79 Å². The molecule has 4 N–H and O–H groups in total. The van der Waals surface area contributed by atoms with E-state index in [1.54, 1.807) is 42.5 Å². The smallest absolute Gasteiger partial charge is 0.412 e. The van der Waals surface area contributed by atoms with Crippen LogP contribution in [0.25, 0.3) is 22.3 Å². The molecule has 2 aliphatic rings. The van der Waals surface area contributed by atoms with E-state index in [4.69, 9.17) is 33.2 Å². The summed E-state index contributed by atoms with van der Waals surface area (Å²) in [6, 6.07) is 37.8. The van der Waals surface area contributed by atoms with E-state index in [9.17, 15) is 19.5 Å². The second-order valence-corrected chi connectivity index (χ2v) is 12.3. The molecule has 282 valence electrons. The number of carbonyl (C=O) groups is 3. The van der Waals surface area contributed by atoms with Crippen LogP contribution in [0.2, 0.25) is 0 Å². The topological polar surface area (TPSA) is 172 Å². The van der Waals surface area contributed by atoms with Crippen LogP contribution in [0, 0.1) is 0 Å². The Balaban J connectivity index is 1.17. The van der Waals surface area contributed by atoms with Gasteiger partial charge < -0.3 is 38.3 Å². The van der Waals surface area contributed by atoms with Crippen molar-refractivity contribution in [2.24, 2.45) is 0 Å².